The number of methoxy groups -OCH3 is 1. The molecule has 23 heavy (non-hydrogen) atoms. The van der Waals surface area contributed by atoms with Gasteiger partial charge in [0.15, 0.2) is 0 Å². The molecule has 1 aromatic rings. The van der Waals surface area contributed by atoms with Gasteiger partial charge in [0.25, 0.3) is 0 Å². The van der Waals surface area contributed by atoms with Crippen LogP contribution in [0.4, 0.5) is 5.00 Å². The summed E-state index contributed by atoms with van der Waals surface area (Å²) in [5.74, 6) is -1.52. The van der Waals surface area contributed by atoms with E-state index in [1.165, 1.54) is 18.4 Å². The number of nitrogens with one attached hydrogen (secondary N) is 1. The Bertz CT molecular complexity index is 647. The van der Waals surface area contributed by atoms with Crippen molar-refractivity contribution in [2.45, 2.75) is 32.6 Å². The van der Waals surface area contributed by atoms with E-state index < -0.39 is 17.8 Å². The summed E-state index contributed by atoms with van der Waals surface area (Å²) in [6.45, 7) is 2.02. The monoisotopic (exact) mass is 337 g/mol. The molecule has 0 radical (unpaired) electrons. The molecule has 0 spiro atoms. The normalized spacial score (nSPS) is 13.5. The topological polar surface area (TPSA) is 81.7 Å². The fraction of sp³-hybridized carbons (Fsp3) is 0.438. The Labute approximate surface area is 138 Å². The van der Waals surface area contributed by atoms with Crippen molar-refractivity contribution >= 4 is 34.2 Å². The van der Waals surface area contributed by atoms with Crippen LogP contribution in [0, 0.1) is 0 Å². The van der Waals surface area contributed by atoms with Crippen molar-refractivity contribution in [3.8, 4) is 0 Å². The van der Waals surface area contributed by atoms with E-state index in [0.29, 0.717) is 10.6 Å². The van der Waals surface area contributed by atoms with E-state index in [-0.39, 0.29) is 6.61 Å². The number of carbonyl (C=O) groups excluding carboxylic acids is 3. The highest BCUT2D eigenvalue weighted by molar-refractivity contribution is 7.17. The Morgan fingerprint density at radius 2 is 1.96 bits per heavy atom. The van der Waals surface area contributed by atoms with Gasteiger partial charge in [0.1, 0.15) is 5.00 Å². The summed E-state index contributed by atoms with van der Waals surface area (Å²) in [4.78, 5) is 36.3. The smallest absolute Gasteiger partial charge is 0.341 e. The van der Waals surface area contributed by atoms with Crippen molar-refractivity contribution in [2.75, 3.05) is 19.0 Å². The quantitative estimate of drug-likeness (QED) is 0.659. The number of fused-ring (bicyclic) bond motifs is 1. The molecular weight excluding hydrogens is 318 g/mol. The van der Waals surface area contributed by atoms with E-state index in [4.69, 9.17) is 4.74 Å². The molecule has 0 unspecified atom stereocenters. The first-order valence-corrected chi connectivity index (χ1v) is 8.27. The van der Waals surface area contributed by atoms with Gasteiger partial charge in [-0.1, -0.05) is 0 Å². The molecule has 1 aliphatic carbocycles. The molecule has 124 valence electrons. The van der Waals surface area contributed by atoms with E-state index >= 15 is 0 Å². The molecule has 0 saturated carbocycles. The zero-order chi connectivity index (χ0) is 16.8. The van der Waals surface area contributed by atoms with Crippen LogP contribution in [0.15, 0.2) is 12.2 Å². The number of anilines is 1. The van der Waals surface area contributed by atoms with Gasteiger partial charge < -0.3 is 14.8 Å². The molecule has 0 aliphatic heterocycles. The number of esters is 2. The summed E-state index contributed by atoms with van der Waals surface area (Å²) >= 11 is 1.40. The van der Waals surface area contributed by atoms with E-state index in [2.05, 4.69) is 10.1 Å². The predicted octanol–water partition coefficient (Wildman–Crippen LogP) is 2.47. The highest BCUT2D eigenvalue weighted by atomic mass is 32.1. The molecule has 1 aromatic heterocycles. The van der Waals surface area contributed by atoms with Crippen molar-refractivity contribution < 1.29 is 23.9 Å². The number of thiophene rings is 1. The molecule has 0 saturated heterocycles. The summed E-state index contributed by atoms with van der Waals surface area (Å²) in [5.41, 5.74) is 1.43. The van der Waals surface area contributed by atoms with Crippen LogP contribution >= 0.6 is 11.3 Å². The summed E-state index contributed by atoms with van der Waals surface area (Å²) in [6, 6.07) is 0. The number of hydrogen-bond donors (Lipinski definition) is 1. The zero-order valence-corrected chi connectivity index (χ0v) is 14.0. The molecule has 1 aliphatic rings. The molecule has 2 rings (SSSR count). The second kappa shape index (κ2) is 7.92. The van der Waals surface area contributed by atoms with E-state index in [1.807, 2.05) is 0 Å². The largest absolute Gasteiger partial charge is 0.466 e. The highest BCUT2D eigenvalue weighted by Gasteiger charge is 2.26. The average molecular weight is 337 g/mol. The third-order valence-electron chi connectivity index (χ3n) is 3.46. The molecule has 7 heteroatoms. The van der Waals surface area contributed by atoms with Crippen molar-refractivity contribution in [3.05, 3.63) is 28.2 Å². The molecule has 1 amide bonds. The number of carbonyl (C=O) groups is 3. The van der Waals surface area contributed by atoms with Gasteiger partial charge >= 0.3 is 11.9 Å². The van der Waals surface area contributed by atoms with Crippen molar-refractivity contribution in [3.63, 3.8) is 0 Å². The van der Waals surface area contributed by atoms with Gasteiger partial charge in [-0.2, -0.15) is 0 Å². The fourth-order valence-electron chi connectivity index (χ4n) is 2.44. The zero-order valence-electron chi connectivity index (χ0n) is 13.1. The van der Waals surface area contributed by atoms with Crippen LogP contribution in [0.5, 0.6) is 0 Å². The van der Waals surface area contributed by atoms with Gasteiger partial charge in [-0.15, -0.1) is 11.3 Å². The first kappa shape index (κ1) is 17.2. The maximum absolute atomic E-state index is 12.2. The molecule has 0 atom stereocenters. The Morgan fingerprint density at radius 3 is 2.65 bits per heavy atom. The Morgan fingerprint density at radius 1 is 1.22 bits per heavy atom. The number of ether oxygens (including phenoxy) is 2. The van der Waals surface area contributed by atoms with Gasteiger partial charge in [-0.05, 0) is 38.2 Å². The van der Waals surface area contributed by atoms with Crippen molar-refractivity contribution in [1.82, 2.24) is 0 Å². The second-order valence-electron chi connectivity index (χ2n) is 4.98. The maximum Gasteiger partial charge on any atom is 0.341 e. The molecule has 1 heterocycles. The third kappa shape index (κ3) is 4.19. The third-order valence-corrected chi connectivity index (χ3v) is 4.67. The molecule has 0 bridgehead atoms. The second-order valence-corrected chi connectivity index (χ2v) is 6.09. The predicted molar refractivity (Wildman–Crippen MR) is 86.7 cm³/mol. The van der Waals surface area contributed by atoms with Crippen LogP contribution in [-0.4, -0.2) is 31.6 Å². The minimum absolute atomic E-state index is 0.277. The average Bonchev–Trinajstić information content (AvgIpc) is 2.90. The van der Waals surface area contributed by atoms with Gasteiger partial charge in [0.2, 0.25) is 5.91 Å². The first-order valence-electron chi connectivity index (χ1n) is 7.45. The van der Waals surface area contributed by atoms with Crippen LogP contribution in [-0.2, 0) is 31.9 Å². The lowest BCUT2D eigenvalue weighted by molar-refractivity contribution is -0.135. The molecule has 1 N–H and O–H groups in total. The summed E-state index contributed by atoms with van der Waals surface area (Å²) < 4.78 is 9.55. The van der Waals surface area contributed by atoms with Gasteiger partial charge in [0.05, 0.1) is 19.3 Å². The van der Waals surface area contributed by atoms with Gasteiger partial charge in [0, 0.05) is 17.0 Å². The number of amides is 1. The van der Waals surface area contributed by atoms with Gasteiger partial charge in [-0.3, -0.25) is 4.79 Å². The highest BCUT2D eigenvalue weighted by Crippen LogP contribution is 2.38. The fourth-order valence-corrected chi connectivity index (χ4v) is 3.72. The minimum Gasteiger partial charge on any atom is -0.466 e. The lowest BCUT2D eigenvalue weighted by Crippen LogP contribution is -2.14. The van der Waals surface area contributed by atoms with E-state index in [0.717, 1.165) is 48.3 Å². The van der Waals surface area contributed by atoms with Crippen LogP contribution in [0.1, 0.15) is 40.6 Å². The minimum atomic E-state index is -0.615. The molecular formula is C16H19NO5S. The van der Waals surface area contributed by atoms with E-state index in [9.17, 15) is 14.4 Å². The Hall–Kier alpha value is -2.15. The van der Waals surface area contributed by atoms with Crippen molar-refractivity contribution in [1.29, 1.82) is 0 Å². The van der Waals surface area contributed by atoms with Crippen LogP contribution in [0.2, 0.25) is 0 Å². The number of hydrogen-bond acceptors (Lipinski definition) is 6. The lowest BCUT2D eigenvalue weighted by Gasteiger charge is -2.12. The van der Waals surface area contributed by atoms with Crippen LogP contribution in [0.25, 0.3) is 0 Å². The molecule has 0 fully saturated rings. The maximum atomic E-state index is 12.2. The van der Waals surface area contributed by atoms with Crippen molar-refractivity contribution in [2.24, 2.45) is 0 Å². The van der Waals surface area contributed by atoms with E-state index in [1.54, 1.807) is 6.92 Å². The van der Waals surface area contributed by atoms with Crippen LogP contribution in [0.3, 0.4) is 0 Å². The molecule has 6 nitrogen and oxygen atoms in total. The summed E-state index contributed by atoms with van der Waals surface area (Å²) in [7, 11) is 1.23. The Balaban J connectivity index is 2.25. The first-order chi connectivity index (χ1) is 11.1. The standard InChI is InChI=1S/C16H19NO5S/c1-3-22-16(20)14-10-6-4-5-7-11(10)23-15(14)17-12(18)8-9-13(19)21-2/h8-9H,3-7H2,1-2H3,(H,17,18)/b9-8+. The summed E-state index contributed by atoms with van der Waals surface area (Å²) in [5, 5.41) is 3.15. The Kier molecular flexibility index (Phi) is 5.92. The van der Waals surface area contributed by atoms with Gasteiger partial charge in [-0.25, -0.2) is 9.59 Å². The number of rotatable bonds is 5. The molecule has 0 aromatic carbocycles. The number of aryl methyl sites for hydroxylation is 1. The lowest BCUT2D eigenvalue weighted by atomic mass is 9.95. The SMILES string of the molecule is CCOC(=O)c1c(NC(=O)/C=C/C(=O)OC)sc2c1CCCC2. The summed E-state index contributed by atoms with van der Waals surface area (Å²) in [6.07, 6.45) is 5.93. The van der Waals surface area contributed by atoms with Crippen LogP contribution < -0.4 is 5.32 Å².